The zero-order chi connectivity index (χ0) is 38.5. The van der Waals surface area contributed by atoms with Crippen molar-refractivity contribution in [3.05, 3.63) is 58.1 Å². The minimum Gasteiger partial charge on any atom is -0.477 e. The standard InChI is InChI=1S/C29H37N4O18P/c30-20-5-6-33(28(45)32-20)26-23(41)22(40)19(49-26)12-48-52(46,47)51-29(27(43)44)8-17(37)16(24(50-29)21(39)18(38)11-35)7-15(36)9-31-25(42)14-3-1-13(10-34)2-4-14/h1-6,10,16-19,21-24,26,35,37-41H,7-9,11-12H2,(H,31,42)(H,43,44)(H,46,47)(H2,30,32,45)/t16?,17?,18-,19-,21?,22+,23?,24?,26-,29?/m1/s1. The lowest BCUT2D eigenvalue weighted by molar-refractivity contribution is -0.298. The number of phosphoric ester groups is 1. The number of aliphatic hydroxyl groups excluding tert-OH is 6. The van der Waals surface area contributed by atoms with Crippen molar-refractivity contribution in [2.75, 3.05) is 25.5 Å². The van der Waals surface area contributed by atoms with Gasteiger partial charge in [0.15, 0.2) is 12.0 Å². The van der Waals surface area contributed by atoms with E-state index in [1.807, 2.05) is 0 Å². The minimum atomic E-state index is -5.62. The molecule has 2 aliphatic heterocycles. The molecule has 23 heteroatoms. The smallest absolute Gasteiger partial charge is 0.475 e. The summed E-state index contributed by atoms with van der Waals surface area (Å²) in [6.07, 6.45) is -15.4. The number of amides is 1. The normalized spacial score (nSPS) is 29.8. The van der Waals surface area contributed by atoms with Crippen molar-refractivity contribution in [2.24, 2.45) is 5.92 Å². The number of carboxylic acid groups (broad SMARTS) is 1. The second-order valence-corrected chi connectivity index (χ2v) is 13.3. The highest BCUT2D eigenvalue weighted by Crippen LogP contribution is 2.52. The molecule has 2 saturated heterocycles. The van der Waals surface area contributed by atoms with E-state index in [1.165, 1.54) is 30.3 Å². The number of nitrogens with one attached hydrogen (secondary N) is 1. The number of hydrogen-bond donors (Lipinski definition) is 10. The average Bonchev–Trinajstić information content (AvgIpc) is 3.38. The lowest BCUT2D eigenvalue weighted by Gasteiger charge is -2.46. The number of nitrogens with zero attached hydrogens (tertiary/aromatic N) is 2. The summed E-state index contributed by atoms with van der Waals surface area (Å²) in [5, 5.41) is 74.6. The van der Waals surface area contributed by atoms with E-state index in [2.05, 4.69) is 10.3 Å². The number of carboxylic acids is 1. The molecule has 52 heavy (non-hydrogen) atoms. The van der Waals surface area contributed by atoms with E-state index >= 15 is 0 Å². The molecule has 0 radical (unpaired) electrons. The van der Waals surface area contributed by atoms with Gasteiger partial charge in [-0.3, -0.25) is 23.5 Å². The van der Waals surface area contributed by atoms with Crippen LogP contribution in [0.2, 0.25) is 0 Å². The number of carbonyl (C=O) groups is 4. The van der Waals surface area contributed by atoms with Crippen LogP contribution in [0.1, 0.15) is 39.8 Å². The number of benzene rings is 1. The molecular weight excluding hydrogens is 723 g/mol. The van der Waals surface area contributed by atoms with Gasteiger partial charge in [0.1, 0.15) is 42.6 Å². The number of ketones is 1. The third-order valence-electron chi connectivity index (χ3n) is 8.31. The summed E-state index contributed by atoms with van der Waals surface area (Å²) < 4.78 is 34.3. The Hall–Kier alpha value is -4.03. The van der Waals surface area contributed by atoms with E-state index in [-0.39, 0.29) is 11.4 Å². The molecule has 0 bridgehead atoms. The summed E-state index contributed by atoms with van der Waals surface area (Å²) in [6, 6.07) is 6.56. The Morgan fingerprint density at radius 3 is 2.42 bits per heavy atom. The largest absolute Gasteiger partial charge is 0.477 e. The first-order chi connectivity index (χ1) is 24.4. The monoisotopic (exact) mass is 760 g/mol. The number of aliphatic hydroxyl groups is 6. The molecule has 11 N–H and O–H groups in total. The van der Waals surface area contributed by atoms with Crippen LogP contribution >= 0.6 is 7.82 Å². The quantitative estimate of drug-likeness (QED) is 0.0576. The summed E-state index contributed by atoms with van der Waals surface area (Å²) in [5.41, 5.74) is 4.86. The highest BCUT2D eigenvalue weighted by molar-refractivity contribution is 7.47. The molecule has 1 aromatic carbocycles. The van der Waals surface area contributed by atoms with Crippen molar-refractivity contribution in [3.8, 4) is 0 Å². The number of carbonyl (C=O) groups excluding carboxylic acids is 3. The number of hydrogen-bond acceptors (Lipinski definition) is 18. The van der Waals surface area contributed by atoms with Gasteiger partial charge in [-0.25, -0.2) is 18.7 Å². The summed E-state index contributed by atoms with van der Waals surface area (Å²) in [7, 11) is -5.62. The molecule has 3 heterocycles. The number of nitrogen functional groups attached to an aromatic ring is 1. The Kier molecular flexibility index (Phi) is 13.1. The molecule has 2 aliphatic rings. The molecule has 0 aliphatic carbocycles. The summed E-state index contributed by atoms with van der Waals surface area (Å²) in [4.78, 5) is 74.8. The van der Waals surface area contributed by atoms with Crippen LogP contribution in [-0.2, 0) is 32.7 Å². The Balaban J connectivity index is 1.46. The fourth-order valence-electron chi connectivity index (χ4n) is 5.56. The summed E-state index contributed by atoms with van der Waals surface area (Å²) >= 11 is 0. The number of Topliss-reactive ketones (excluding diaryl/α,β-unsaturated/α-hetero) is 1. The van der Waals surface area contributed by atoms with Gasteiger partial charge in [-0.15, -0.1) is 0 Å². The van der Waals surface area contributed by atoms with Gasteiger partial charge in [-0.1, -0.05) is 12.1 Å². The topological polar surface area (TPSA) is 357 Å². The number of rotatable bonds is 16. The Morgan fingerprint density at radius 1 is 1.15 bits per heavy atom. The maximum Gasteiger partial charge on any atom is 0.475 e. The van der Waals surface area contributed by atoms with Crippen LogP contribution in [0.5, 0.6) is 0 Å². The van der Waals surface area contributed by atoms with Crippen LogP contribution < -0.4 is 16.7 Å². The Bertz CT molecular complexity index is 1730. The zero-order valence-electron chi connectivity index (χ0n) is 26.9. The van der Waals surface area contributed by atoms with Gasteiger partial charge < -0.3 is 61.2 Å². The summed E-state index contributed by atoms with van der Waals surface area (Å²) in [5.74, 6) is -8.64. The molecule has 2 fully saturated rings. The number of aromatic nitrogens is 2. The number of aldehydes is 1. The van der Waals surface area contributed by atoms with E-state index in [4.69, 9.17) is 24.3 Å². The van der Waals surface area contributed by atoms with E-state index < -0.39 is 124 Å². The van der Waals surface area contributed by atoms with Gasteiger partial charge in [-0.05, 0) is 18.2 Å². The number of aliphatic carboxylic acids is 1. The SMILES string of the molecule is Nc1ccn([C@@H]2O[C@H](COP(=O)(O)OC3(C(=O)O)CC(O)C(CC(=O)CNC(=O)c4ccc(C=O)cc4)C(C(O)[C@H](O)CO)O3)[C@H](O)C2O)c(=O)n1. The average molecular weight is 761 g/mol. The minimum absolute atomic E-state index is 0.0948. The highest BCUT2D eigenvalue weighted by Gasteiger charge is 2.58. The first kappa shape index (κ1) is 40.7. The van der Waals surface area contributed by atoms with E-state index in [0.29, 0.717) is 11.8 Å². The molecule has 11 atom stereocenters. The van der Waals surface area contributed by atoms with Crippen molar-refractivity contribution in [3.63, 3.8) is 0 Å². The predicted octanol–water partition coefficient (Wildman–Crippen LogP) is -3.96. The first-order valence-corrected chi connectivity index (χ1v) is 16.9. The molecule has 1 amide bonds. The lowest BCUT2D eigenvalue weighted by Crippen LogP contribution is -2.62. The number of phosphoric acid groups is 1. The van der Waals surface area contributed by atoms with Gasteiger partial charge >= 0.3 is 19.5 Å². The van der Waals surface area contributed by atoms with Crippen molar-refractivity contribution in [1.29, 1.82) is 0 Å². The number of anilines is 1. The molecule has 22 nitrogen and oxygen atoms in total. The number of ether oxygens (including phenoxy) is 2. The van der Waals surface area contributed by atoms with Crippen molar-refractivity contribution >= 4 is 37.6 Å². The Labute approximate surface area is 292 Å². The molecule has 4 rings (SSSR count). The third-order valence-corrected chi connectivity index (χ3v) is 9.31. The van der Waals surface area contributed by atoms with Gasteiger partial charge in [0.05, 0.1) is 32.0 Å². The van der Waals surface area contributed by atoms with Crippen LogP contribution in [0.15, 0.2) is 41.3 Å². The summed E-state index contributed by atoms with van der Waals surface area (Å²) in [6.45, 7) is -2.82. The predicted molar refractivity (Wildman–Crippen MR) is 168 cm³/mol. The fraction of sp³-hybridized carbons (Fsp3) is 0.517. The van der Waals surface area contributed by atoms with Crippen LogP contribution in [0.4, 0.5) is 5.82 Å². The maximum atomic E-state index is 13.1. The van der Waals surface area contributed by atoms with Crippen molar-refractivity contribution < 1.29 is 82.9 Å². The van der Waals surface area contributed by atoms with Crippen molar-refractivity contribution in [2.45, 2.75) is 67.6 Å². The number of nitrogens with two attached hydrogens (primary N) is 1. The molecule has 1 aromatic heterocycles. The van der Waals surface area contributed by atoms with E-state index in [0.717, 1.165) is 10.8 Å². The van der Waals surface area contributed by atoms with Crippen LogP contribution in [0.3, 0.4) is 0 Å². The van der Waals surface area contributed by atoms with E-state index in [1.54, 1.807) is 0 Å². The van der Waals surface area contributed by atoms with Crippen molar-refractivity contribution in [1.82, 2.24) is 14.9 Å². The third kappa shape index (κ3) is 9.30. The second kappa shape index (κ2) is 16.8. The highest BCUT2D eigenvalue weighted by atomic mass is 31.2. The van der Waals surface area contributed by atoms with Crippen LogP contribution in [0, 0.1) is 5.92 Å². The first-order valence-electron chi connectivity index (χ1n) is 15.4. The van der Waals surface area contributed by atoms with Gasteiger partial charge in [0.2, 0.25) is 0 Å². The second-order valence-electron chi connectivity index (χ2n) is 11.9. The van der Waals surface area contributed by atoms with Gasteiger partial charge in [-0.2, -0.15) is 4.98 Å². The fourth-order valence-corrected chi connectivity index (χ4v) is 6.52. The molecule has 7 unspecified atom stereocenters. The van der Waals surface area contributed by atoms with Crippen LogP contribution in [-0.4, -0.2) is 142 Å². The lowest BCUT2D eigenvalue weighted by atomic mass is 9.80. The zero-order valence-corrected chi connectivity index (χ0v) is 27.7. The molecule has 0 spiro atoms. The molecular formula is C29H37N4O18P. The Morgan fingerprint density at radius 2 is 1.83 bits per heavy atom. The maximum absolute atomic E-state index is 13.1. The molecule has 0 saturated carbocycles. The van der Waals surface area contributed by atoms with Gasteiger partial charge in [0.25, 0.3) is 11.7 Å². The van der Waals surface area contributed by atoms with Crippen LogP contribution in [0.25, 0.3) is 0 Å². The molecule has 286 valence electrons. The van der Waals surface area contributed by atoms with E-state index in [9.17, 15) is 69.2 Å². The van der Waals surface area contributed by atoms with Gasteiger partial charge in [0, 0.05) is 36.1 Å². The molecule has 2 aromatic rings.